The summed E-state index contributed by atoms with van der Waals surface area (Å²) in [6, 6.07) is 11.9. The fourth-order valence-corrected chi connectivity index (χ4v) is 2.23. The third kappa shape index (κ3) is 1.50. The molecule has 3 rings (SSSR count). The molecule has 1 heterocycles. The summed E-state index contributed by atoms with van der Waals surface area (Å²) in [6.45, 7) is 0. The molecule has 1 N–H and O–H groups in total. The molecule has 0 amide bonds. The predicted molar refractivity (Wildman–Crippen MR) is 75.8 cm³/mol. The molecule has 0 aliphatic carbocycles. The van der Waals surface area contributed by atoms with Crippen LogP contribution in [0, 0.1) is 0 Å². The van der Waals surface area contributed by atoms with Crippen molar-refractivity contribution in [2.45, 2.75) is 0 Å². The first-order chi connectivity index (χ1) is 7.27. The van der Waals surface area contributed by atoms with Gasteiger partial charge in [0.2, 0.25) is 0 Å². The number of benzene rings is 2. The molecule has 0 spiro atoms. The Morgan fingerprint density at radius 2 is 1.62 bits per heavy atom. The van der Waals surface area contributed by atoms with E-state index in [0.29, 0.717) is 10.0 Å². The van der Waals surface area contributed by atoms with E-state index in [-0.39, 0.29) is 8.41 Å². The maximum absolute atomic E-state index is 6.13. The van der Waals surface area contributed by atoms with Crippen LogP contribution < -0.4 is 0 Å². The fourth-order valence-electron chi connectivity index (χ4n) is 1.86. The first-order valence-electron chi connectivity index (χ1n) is 4.62. The molecule has 16 heavy (non-hydrogen) atoms. The number of fused-ring (bicyclic) bond motifs is 3. The van der Waals surface area contributed by atoms with Crippen LogP contribution in [0.4, 0.5) is 0 Å². The number of hydrogen-bond acceptors (Lipinski definition) is 0. The Balaban J connectivity index is 0.000000963. The molecule has 0 atom stereocenters. The molecule has 0 saturated carbocycles. The monoisotopic (exact) mass is 249 g/mol. The van der Waals surface area contributed by atoms with Crippen molar-refractivity contribution >= 4 is 53.4 Å². The van der Waals surface area contributed by atoms with Gasteiger partial charge in [0.05, 0.1) is 24.0 Å². The van der Waals surface area contributed by atoms with Crippen molar-refractivity contribution in [2.75, 3.05) is 0 Å². The Morgan fingerprint density at radius 3 is 2.44 bits per heavy atom. The van der Waals surface area contributed by atoms with Gasteiger partial charge in [-0.2, -0.15) is 0 Å². The zero-order valence-electron chi connectivity index (χ0n) is 7.72. The fraction of sp³-hybridized carbons (Fsp3) is 0. The Hall–Kier alpha value is -1.12. The number of nitrogens with one attached hydrogen (secondary N) is 1. The summed E-state index contributed by atoms with van der Waals surface area (Å²) in [5.74, 6) is 0. The second kappa shape index (κ2) is 4.04. The van der Waals surface area contributed by atoms with Crippen LogP contribution in [0.15, 0.2) is 36.4 Å². The minimum atomic E-state index is 0. The SMILES string of the molecule is B.Clc1ccc2c([nH]c3ccccc32)c1Cl. The summed E-state index contributed by atoms with van der Waals surface area (Å²) >= 11 is 12.1. The lowest BCUT2D eigenvalue weighted by molar-refractivity contribution is 1.55. The van der Waals surface area contributed by atoms with Crippen LogP contribution >= 0.6 is 23.2 Å². The minimum Gasteiger partial charge on any atom is -0.353 e. The minimum absolute atomic E-state index is 0. The second-order valence-electron chi connectivity index (χ2n) is 3.45. The maximum Gasteiger partial charge on any atom is 0.0833 e. The highest BCUT2D eigenvalue weighted by atomic mass is 35.5. The highest BCUT2D eigenvalue weighted by Gasteiger charge is 2.08. The molecule has 0 saturated heterocycles. The van der Waals surface area contributed by atoms with Crippen molar-refractivity contribution in [3.8, 4) is 0 Å². The van der Waals surface area contributed by atoms with E-state index in [2.05, 4.69) is 11.1 Å². The van der Waals surface area contributed by atoms with E-state index in [9.17, 15) is 0 Å². The van der Waals surface area contributed by atoms with E-state index >= 15 is 0 Å². The maximum atomic E-state index is 6.13. The first-order valence-corrected chi connectivity index (χ1v) is 5.37. The lowest BCUT2D eigenvalue weighted by Gasteiger charge is -1.96. The van der Waals surface area contributed by atoms with Gasteiger partial charge in [0, 0.05) is 16.3 Å². The van der Waals surface area contributed by atoms with Crippen LogP contribution in [0.2, 0.25) is 10.0 Å². The Morgan fingerprint density at radius 1 is 0.875 bits per heavy atom. The predicted octanol–water partition coefficient (Wildman–Crippen LogP) is 3.44. The highest BCUT2D eigenvalue weighted by molar-refractivity contribution is 6.45. The molecular weight excluding hydrogens is 240 g/mol. The first kappa shape index (κ1) is 11.4. The van der Waals surface area contributed by atoms with E-state index in [1.165, 1.54) is 5.39 Å². The molecule has 2 aromatic carbocycles. The van der Waals surface area contributed by atoms with Crippen molar-refractivity contribution in [2.24, 2.45) is 0 Å². The van der Waals surface area contributed by atoms with Crippen LogP contribution in [-0.2, 0) is 0 Å². The zero-order valence-corrected chi connectivity index (χ0v) is 9.23. The summed E-state index contributed by atoms with van der Waals surface area (Å²) in [7, 11) is 0. The zero-order chi connectivity index (χ0) is 10.4. The van der Waals surface area contributed by atoms with E-state index in [4.69, 9.17) is 23.2 Å². The molecule has 0 aliphatic heterocycles. The topological polar surface area (TPSA) is 15.8 Å². The normalized spacial score (nSPS) is 10.6. The second-order valence-corrected chi connectivity index (χ2v) is 4.24. The number of hydrogen-bond donors (Lipinski definition) is 1. The summed E-state index contributed by atoms with van der Waals surface area (Å²) in [5.41, 5.74) is 1.99. The molecule has 0 unspecified atom stereocenters. The molecule has 3 aromatic rings. The molecule has 4 heteroatoms. The van der Waals surface area contributed by atoms with Crippen molar-refractivity contribution < 1.29 is 0 Å². The van der Waals surface area contributed by atoms with Crippen LogP contribution in [0.5, 0.6) is 0 Å². The third-order valence-electron chi connectivity index (χ3n) is 2.57. The van der Waals surface area contributed by atoms with E-state index in [0.717, 1.165) is 16.4 Å². The standard InChI is InChI=1S/C12H7Cl2N.BH3/c13-9-6-5-8-7-3-1-2-4-10(7)15-12(8)11(9)14;/h1-6,15H;1H3. The van der Waals surface area contributed by atoms with Gasteiger partial charge in [0.1, 0.15) is 0 Å². The van der Waals surface area contributed by atoms with E-state index < -0.39 is 0 Å². The quantitative estimate of drug-likeness (QED) is 0.588. The number of aromatic nitrogens is 1. The molecule has 1 aromatic heterocycles. The van der Waals surface area contributed by atoms with Gasteiger partial charge in [-0.15, -0.1) is 0 Å². The molecule has 1 nitrogen and oxygen atoms in total. The van der Waals surface area contributed by atoms with Crippen LogP contribution in [-0.4, -0.2) is 13.4 Å². The molecular formula is C12H10BCl2N. The van der Waals surface area contributed by atoms with Crippen molar-refractivity contribution in [3.63, 3.8) is 0 Å². The molecule has 80 valence electrons. The Labute approximate surface area is 105 Å². The molecule has 0 bridgehead atoms. The average molecular weight is 250 g/mol. The summed E-state index contributed by atoms with van der Waals surface area (Å²) in [5, 5.41) is 3.45. The smallest absolute Gasteiger partial charge is 0.0833 e. The van der Waals surface area contributed by atoms with Gasteiger partial charge in [0.15, 0.2) is 0 Å². The number of aromatic amines is 1. The van der Waals surface area contributed by atoms with Crippen molar-refractivity contribution in [1.82, 2.24) is 4.98 Å². The number of halogens is 2. The summed E-state index contributed by atoms with van der Waals surface area (Å²) in [4.78, 5) is 3.27. The van der Waals surface area contributed by atoms with Gasteiger partial charge in [-0.05, 0) is 12.1 Å². The van der Waals surface area contributed by atoms with Gasteiger partial charge >= 0.3 is 0 Å². The lowest BCUT2D eigenvalue weighted by atomic mass is 10.1. The van der Waals surface area contributed by atoms with Gasteiger partial charge in [-0.25, -0.2) is 0 Å². The van der Waals surface area contributed by atoms with Crippen molar-refractivity contribution in [3.05, 3.63) is 46.4 Å². The van der Waals surface area contributed by atoms with Crippen LogP contribution in [0.25, 0.3) is 21.8 Å². The van der Waals surface area contributed by atoms with Crippen LogP contribution in [0.3, 0.4) is 0 Å². The van der Waals surface area contributed by atoms with Gasteiger partial charge < -0.3 is 4.98 Å². The van der Waals surface area contributed by atoms with Gasteiger partial charge in [-0.3, -0.25) is 0 Å². The third-order valence-corrected chi connectivity index (χ3v) is 3.38. The largest absolute Gasteiger partial charge is 0.353 e. The molecule has 0 radical (unpaired) electrons. The van der Waals surface area contributed by atoms with E-state index in [1.54, 1.807) is 0 Å². The summed E-state index contributed by atoms with van der Waals surface area (Å²) < 4.78 is 0. The number of para-hydroxylation sites is 1. The average Bonchev–Trinajstić information content (AvgIpc) is 2.63. The molecule has 0 fully saturated rings. The lowest BCUT2D eigenvalue weighted by Crippen LogP contribution is -1.72. The van der Waals surface area contributed by atoms with Crippen LogP contribution in [0.1, 0.15) is 0 Å². The van der Waals surface area contributed by atoms with Gasteiger partial charge in [0.25, 0.3) is 0 Å². The van der Waals surface area contributed by atoms with Crippen molar-refractivity contribution in [1.29, 1.82) is 0 Å². The Kier molecular flexibility index (Phi) is 2.87. The number of rotatable bonds is 0. The molecule has 0 aliphatic rings. The number of H-pyrrole nitrogens is 1. The Bertz CT molecular complexity index is 660. The van der Waals surface area contributed by atoms with E-state index in [1.807, 2.05) is 30.3 Å². The summed E-state index contributed by atoms with van der Waals surface area (Å²) in [6.07, 6.45) is 0. The van der Waals surface area contributed by atoms with Gasteiger partial charge in [-0.1, -0.05) is 47.5 Å². The highest BCUT2D eigenvalue weighted by Crippen LogP contribution is 2.34.